The molecule has 0 saturated heterocycles. The predicted molar refractivity (Wildman–Crippen MR) is 131 cm³/mol. The highest BCUT2D eigenvalue weighted by Gasteiger charge is 2.35. The molecule has 7 nitrogen and oxygen atoms in total. The van der Waals surface area contributed by atoms with Gasteiger partial charge in [0.1, 0.15) is 11.5 Å². The highest BCUT2D eigenvalue weighted by molar-refractivity contribution is 7.91. The molecule has 1 fully saturated rings. The molecule has 2 aromatic carbocycles. The molecule has 1 aliphatic carbocycles. The number of sulfone groups is 1. The zero-order valence-corrected chi connectivity index (χ0v) is 20.0. The maximum atomic E-state index is 13.4. The number of hydrogen-bond donors (Lipinski definition) is 3. The van der Waals surface area contributed by atoms with Crippen LogP contribution in [0.2, 0.25) is 0 Å². The van der Waals surface area contributed by atoms with Gasteiger partial charge in [-0.25, -0.2) is 17.2 Å². The maximum Gasteiger partial charge on any atom is 0.267 e. The fourth-order valence-electron chi connectivity index (χ4n) is 4.44. The summed E-state index contributed by atoms with van der Waals surface area (Å²) < 4.78 is 54.3. The number of fused-ring (bicyclic) bond motifs is 1. The van der Waals surface area contributed by atoms with Gasteiger partial charge in [0.2, 0.25) is 5.92 Å². The Morgan fingerprint density at radius 3 is 2.46 bits per heavy atom. The van der Waals surface area contributed by atoms with Gasteiger partial charge in [0.15, 0.2) is 9.84 Å². The molecule has 35 heavy (non-hydrogen) atoms. The van der Waals surface area contributed by atoms with Crippen LogP contribution in [0.5, 0.6) is 0 Å². The number of amides is 1. The van der Waals surface area contributed by atoms with E-state index in [1.54, 1.807) is 47.0 Å². The normalized spacial score (nSPS) is 16.3. The quantitative estimate of drug-likeness (QED) is 0.319. The van der Waals surface area contributed by atoms with Crippen LogP contribution in [0.4, 0.5) is 8.78 Å². The second kappa shape index (κ2) is 9.77. The minimum atomic E-state index is -3.60. The smallest absolute Gasteiger partial charge is 0.267 e. The van der Waals surface area contributed by atoms with Crippen molar-refractivity contribution in [2.24, 2.45) is 11.7 Å². The third-order valence-electron chi connectivity index (χ3n) is 6.52. The zero-order chi connectivity index (χ0) is 25.2. The van der Waals surface area contributed by atoms with Crippen LogP contribution in [0.3, 0.4) is 0 Å². The van der Waals surface area contributed by atoms with Gasteiger partial charge in [-0.15, -0.1) is 0 Å². The van der Waals surface area contributed by atoms with Crippen molar-refractivity contribution in [1.29, 1.82) is 5.41 Å². The lowest BCUT2D eigenvalue weighted by atomic mass is 9.87. The number of rotatable bonds is 8. The standard InChI is InChI=1S/C25H28F2N4O3S/c26-25(27)10-8-17(9-11-25)16-30-24(32)22-14-18-6-7-19(23(28)29)15-21(18)31(22)12-13-35(33,34)20-4-2-1-3-5-20/h1-7,14-15,17H,8-13,16H2,(H3,28,29)(H,30,32). The molecule has 1 aliphatic rings. The number of nitrogens with zero attached hydrogens (tertiary/aromatic N) is 1. The van der Waals surface area contributed by atoms with E-state index >= 15 is 0 Å². The molecule has 3 aromatic rings. The van der Waals surface area contributed by atoms with Crippen molar-refractivity contribution in [3.8, 4) is 0 Å². The molecule has 186 valence electrons. The first-order valence-electron chi connectivity index (χ1n) is 11.5. The molecule has 1 saturated carbocycles. The second-order valence-corrected chi connectivity index (χ2v) is 11.1. The van der Waals surface area contributed by atoms with Crippen molar-refractivity contribution in [3.05, 3.63) is 65.9 Å². The van der Waals surface area contributed by atoms with E-state index in [1.807, 2.05) is 0 Å². The van der Waals surface area contributed by atoms with E-state index in [9.17, 15) is 22.0 Å². The SMILES string of the molecule is N=C(N)c1ccc2cc(C(=O)NCC3CCC(F)(F)CC3)n(CCS(=O)(=O)c3ccccc3)c2c1. The van der Waals surface area contributed by atoms with E-state index < -0.39 is 21.7 Å². The Kier molecular flexibility index (Phi) is 6.93. The molecule has 1 aromatic heterocycles. The molecule has 1 heterocycles. The van der Waals surface area contributed by atoms with Crippen LogP contribution >= 0.6 is 0 Å². The number of hydrogen-bond acceptors (Lipinski definition) is 4. The second-order valence-electron chi connectivity index (χ2n) is 9.01. The largest absolute Gasteiger partial charge is 0.384 e. The Morgan fingerprint density at radius 1 is 1.11 bits per heavy atom. The molecule has 4 N–H and O–H groups in total. The number of alkyl halides is 2. The molecule has 4 rings (SSSR count). The highest BCUT2D eigenvalue weighted by atomic mass is 32.2. The van der Waals surface area contributed by atoms with Crippen molar-refractivity contribution in [2.75, 3.05) is 12.3 Å². The fraction of sp³-hybridized carbons (Fsp3) is 0.360. The molecular weight excluding hydrogens is 474 g/mol. The molecule has 0 unspecified atom stereocenters. The summed E-state index contributed by atoms with van der Waals surface area (Å²) in [6, 6.07) is 14.8. The monoisotopic (exact) mass is 502 g/mol. The van der Waals surface area contributed by atoms with Crippen molar-refractivity contribution in [2.45, 2.75) is 43.0 Å². The summed E-state index contributed by atoms with van der Waals surface area (Å²) in [6.45, 7) is 0.290. The first-order chi connectivity index (χ1) is 16.6. The van der Waals surface area contributed by atoms with Gasteiger partial charge in [-0.2, -0.15) is 0 Å². The summed E-state index contributed by atoms with van der Waals surface area (Å²) >= 11 is 0. The first-order valence-corrected chi connectivity index (χ1v) is 13.1. The zero-order valence-electron chi connectivity index (χ0n) is 19.1. The lowest BCUT2D eigenvalue weighted by Gasteiger charge is -2.28. The van der Waals surface area contributed by atoms with Gasteiger partial charge in [-0.1, -0.05) is 30.3 Å². The van der Waals surface area contributed by atoms with Gasteiger partial charge in [0.05, 0.1) is 10.6 Å². The molecule has 0 bridgehead atoms. The summed E-state index contributed by atoms with van der Waals surface area (Å²) in [6.07, 6.45) is 0.319. The number of benzene rings is 2. The number of nitrogens with two attached hydrogens (primary N) is 1. The summed E-state index contributed by atoms with van der Waals surface area (Å²) in [5, 5.41) is 11.3. The number of amidine groups is 1. The lowest BCUT2D eigenvalue weighted by molar-refractivity contribution is -0.0452. The lowest BCUT2D eigenvalue weighted by Crippen LogP contribution is -2.34. The Labute approximate surface area is 202 Å². The number of nitrogen functional groups attached to an aromatic ring is 1. The third kappa shape index (κ3) is 5.70. The number of carbonyl (C=O) groups is 1. The van der Waals surface area contributed by atoms with Crippen LogP contribution < -0.4 is 11.1 Å². The van der Waals surface area contributed by atoms with Gasteiger partial charge in [0, 0.05) is 42.4 Å². The van der Waals surface area contributed by atoms with Crippen LogP contribution in [0.1, 0.15) is 41.7 Å². The van der Waals surface area contributed by atoms with E-state index in [1.165, 1.54) is 12.1 Å². The highest BCUT2D eigenvalue weighted by Crippen LogP contribution is 2.35. The van der Waals surface area contributed by atoms with E-state index in [4.69, 9.17) is 11.1 Å². The summed E-state index contributed by atoms with van der Waals surface area (Å²) in [5.41, 5.74) is 6.95. The Hall–Kier alpha value is -3.27. The van der Waals surface area contributed by atoms with E-state index in [2.05, 4.69) is 5.32 Å². The maximum absolute atomic E-state index is 13.4. The third-order valence-corrected chi connectivity index (χ3v) is 8.23. The molecular formula is C25H28F2N4O3S. The molecule has 0 radical (unpaired) electrons. The topological polar surface area (TPSA) is 118 Å². The van der Waals surface area contributed by atoms with Crippen LogP contribution in [0.25, 0.3) is 10.9 Å². The Morgan fingerprint density at radius 2 is 1.80 bits per heavy atom. The minimum absolute atomic E-state index is 0.0144. The van der Waals surface area contributed by atoms with Crippen LogP contribution in [0.15, 0.2) is 59.5 Å². The summed E-state index contributed by atoms with van der Waals surface area (Å²) in [5.74, 6) is -3.44. The van der Waals surface area contributed by atoms with Crippen LogP contribution in [0, 0.1) is 11.3 Å². The molecule has 1 amide bonds. The minimum Gasteiger partial charge on any atom is -0.384 e. The average molecular weight is 503 g/mol. The van der Waals surface area contributed by atoms with Gasteiger partial charge in [-0.05, 0) is 43.0 Å². The van der Waals surface area contributed by atoms with Crippen molar-refractivity contribution >= 4 is 32.5 Å². The van der Waals surface area contributed by atoms with E-state index in [0.29, 0.717) is 29.3 Å². The Balaban J connectivity index is 1.59. The predicted octanol–water partition coefficient (Wildman–Crippen LogP) is 3.95. The van der Waals surface area contributed by atoms with Gasteiger partial charge >= 0.3 is 0 Å². The van der Waals surface area contributed by atoms with E-state index in [0.717, 1.165) is 0 Å². The van der Waals surface area contributed by atoms with Gasteiger partial charge in [0.25, 0.3) is 5.91 Å². The van der Waals surface area contributed by atoms with Gasteiger partial charge < -0.3 is 15.6 Å². The molecule has 0 aliphatic heterocycles. The van der Waals surface area contributed by atoms with Gasteiger partial charge in [-0.3, -0.25) is 10.2 Å². The number of aryl methyl sites for hydroxylation is 1. The average Bonchev–Trinajstić information content (AvgIpc) is 3.20. The number of halogens is 2. The number of carbonyl (C=O) groups excluding carboxylic acids is 1. The van der Waals surface area contributed by atoms with Crippen LogP contribution in [-0.2, 0) is 16.4 Å². The first kappa shape index (κ1) is 24.8. The summed E-state index contributed by atoms with van der Waals surface area (Å²) in [4.78, 5) is 13.3. The molecule has 0 atom stereocenters. The van der Waals surface area contributed by atoms with Crippen molar-refractivity contribution in [3.63, 3.8) is 0 Å². The summed E-state index contributed by atoms with van der Waals surface area (Å²) in [7, 11) is -3.60. The fourth-order valence-corrected chi connectivity index (χ4v) is 5.67. The number of aromatic nitrogens is 1. The molecule has 10 heteroatoms. The molecule has 0 spiro atoms. The number of nitrogens with one attached hydrogen (secondary N) is 2. The van der Waals surface area contributed by atoms with E-state index in [-0.39, 0.29) is 54.0 Å². The Bertz CT molecular complexity index is 1340. The van der Waals surface area contributed by atoms with Crippen molar-refractivity contribution < 1.29 is 22.0 Å². The van der Waals surface area contributed by atoms with Crippen LogP contribution in [-0.4, -0.2) is 42.9 Å². The van der Waals surface area contributed by atoms with Crippen molar-refractivity contribution in [1.82, 2.24) is 9.88 Å².